The molecule has 1 aliphatic rings. The topological polar surface area (TPSA) is 75.7 Å². The minimum absolute atomic E-state index is 0.0809. The van der Waals surface area contributed by atoms with Crippen LogP contribution in [0, 0.1) is 6.92 Å². The van der Waals surface area contributed by atoms with Gasteiger partial charge in [-0.15, -0.1) is 0 Å². The first-order valence-corrected chi connectivity index (χ1v) is 9.09. The Hall–Kier alpha value is -3.12. The number of hydrogen-bond acceptors (Lipinski definition) is 4. The van der Waals surface area contributed by atoms with E-state index in [0.717, 1.165) is 4.90 Å². The fraction of sp³-hybridized carbons (Fsp3) is 0.190. The van der Waals surface area contributed by atoms with E-state index in [9.17, 15) is 14.4 Å². The predicted octanol–water partition coefficient (Wildman–Crippen LogP) is 4.10. The lowest BCUT2D eigenvalue weighted by Gasteiger charge is -2.27. The van der Waals surface area contributed by atoms with Crippen molar-refractivity contribution in [2.24, 2.45) is 0 Å². The number of carbonyl (C=O) groups is 3. The highest BCUT2D eigenvalue weighted by Gasteiger charge is 2.37. The van der Waals surface area contributed by atoms with Crippen molar-refractivity contribution in [2.75, 3.05) is 4.90 Å². The zero-order valence-electron chi connectivity index (χ0n) is 15.7. The molecule has 7 heteroatoms. The molecule has 0 aliphatic carbocycles. The average Bonchev–Trinajstić information content (AvgIpc) is 2.62. The number of nitrogens with zero attached hydrogens (tertiary/aromatic N) is 1. The van der Waals surface area contributed by atoms with E-state index in [-0.39, 0.29) is 11.7 Å². The molecule has 0 spiro atoms. The van der Waals surface area contributed by atoms with Crippen LogP contribution in [0.4, 0.5) is 10.5 Å². The highest BCUT2D eigenvalue weighted by Crippen LogP contribution is 2.29. The van der Waals surface area contributed by atoms with E-state index in [1.807, 2.05) is 13.8 Å². The Bertz CT molecular complexity index is 998. The van der Waals surface area contributed by atoms with Gasteiger partial charge in [0.05, 0.1) is 11.8 Å². The molecule has 0 aromatic heterocycles. The molecule has 1 N–H and O–H groups in total. The van der Waals surface area contributed by atoms with Gasteiger partial charge in [0.25, 0.3) is 11.8 Å². The zero-order chi connectivity index (χ0) is 20.4. The van der Waals surface area contributed by atoms with Gasteiger partial charge in [0, 0.05) is 10.6 Å². The number of barbiturate groups is 1. The van der Waals surface area contributed by atoms with Crippen LogP contribution in [-0.2, 0) is 9.59 Å². The van der Waals surface area contributed by atoms with Crippen LogP contribution in [0.3, 0.4) is 0 Å². The third-order valence-corrected chi connectivity index (χ3v) is 4.33. The van der Waals surface area contributed by atoms with Crippen LogP contribution in [-0.4, -0.2) is 23.9 Å². The summed E-state index contributed by atoms with van der Waals surface area (Å²) in [5.74, 6) is -0.947. The van der Waals surface area contributed by atoms with Gasteiger partial charge in [0.2, 0.25) is 0 Å². The molecule has 144 valence electrons. The molecule has 0 atom stereocenters. The van der Waals surface area contributed by atoms with Crippen molar-refractivity contribution in [3.8, 4) is 5.75 Å². The van der Waals surface area contributed by atoms with Crippen molar-refractivity contribution in [3.63, 3.8) is 0 Å². The number of ether oxygens (including phenoxy) is 1. The summed E-state index contributed by atoms with van der Waals surface area (Å²) < 4.78 is 5.74. The summed E-state index contributed by atoms with van der Waals surface area (Å²) in [6, 6.07) is 11.1. The number of halogens is 1. The molecular weight excluding hydrogens is 380 g/mol. The van der Waals surface area contributed by atoms with Gasteiger partial charge in [-0.05, 0) is 50.6 Å². The summed E-state index contributed by atoms with van der Waals surface area (Å²) in [7, 11) is 0. The van der Waals surface area contributed by atoms with Gasteiger partial charge < -0.3 is 4.74 Å². The van der Waals surface area contributed by atoms with Gasteiger partial charge in [-0.1, -0.05) is 35.9 Å². The lowest BCUT2D eigenvalue weighted by Crippen LogP contribution is -2.54. The Balaban J connectivity index is 2.06. The Kier molecular flexibility index (Phi) is 5.51. The number of hydrogen-bond donors (Lipinski definition) is 1. The van der Waals surface area contributed by atoms with Crippen LogP contribution in [0.1, 0.15) is 25.0 Å². The fourth-order valence-electron chi connectivity index (χ4n) is 2.82. The SMILES string of the molecule is Cc1ccc(Cl)cc1N1C(=O)NC(=O)/C(=C\c2ccccc2OC(C)C)C1=O. The first-order chi connectivity index (χ1) is 13.3. The van der Waals surface area contributed by atoms with Crippen LogP contribution in [0.2, 0.25) is 5.02 Å². The molecule has 0 saturated carbocycles. The Morgan fingerprint density at radius 2 is 1.82 bits per heavy atom. The normalized spacial score (nSPS) is 16.0. The van der Waals surface area contributed by atoms with Crippen molar-refractivity contribution in [2.45, 2.75) is 26.9 Å². The van der Waals surface area contributed by atoms with Crippen LogP contribution in [0.5, 0.6) is 5.75 Å². The third kappa shape index (κ3) is 3.92. The van der Waals surface area contributed by atoms with Crippen LogP contribution < -0.4 is 15.0 Å². The van der Waals surface area contributed by atoms with E-state index in [1.165, 1.54) is 12.1 Å². The summed E-state index contributed by atoms with van der Waals surface area (Å²) >= 11 is 6.03. The molecule has 1 heterocycles. The van der Waals surface area contributed by atoms with Crippen LogP contribution >= 0.6 is 11.6 Å². The van der Waals surface area contributed by atoms with Gasteiger partial charge in [0.1, 0.15) is 11.3 Å². The number of rotatable bonds is 4. The zero-order valence-corrected chi connectivity index (χ0v) is 16.4. The number of carbonyl (C=O) groups excluding carboxylic acids is 3. The molecule has 0 radical (unpaired) electrons. The van der Waals surface area contributed by atoms with E-state index < -0.39 is 17.8 Å². The Morgan fingerprint density at radius 3 is 2.54 bits per heavy atom. The van der Waals surface area contributed by atoms with Crippen molar-refractivity contribution >= 4 is 41.2 Å². The van der Waals surface area contributed by atoms with E-state index >= 15 is 0 Å². The quantitative estimate of drug-likeness (QED) is 0.621. The molecule has 28 heavy (non-hydrogen) atoms. The van der Waals surface area contributed by atoms with E-state index in [2.05, 4.69) is 5.32 Å². The lowest BCUT2D eigenvalue weighted by atomic mass is 10.0. The molecule has 6 nitrogen and oxygen atoms in total. The van der Waals surface area contributed by atoms with Gasteiger partial charge in [-0.3, -0.25) is 14.9 Å². The van der Waals surface area contributed by atoms with Crippen molar-refractivity contribution in [1.29, 1.82) is 0 Å². The fourth-order valence-corrected chi connectivity index (χ4v) is 2.98. The highest BCUT2D eigenvalue weighted by atomic mass is 35.5. The predicted molar refractivity (Wildman–Crippen MR) is 107 cm³/mol. The Morgan fingerprint density at radius 1 is 1.11 bits per heavy atom. The molecule has 0 unspecified atom stereocenters. The number of anilines is 1. The maximum absolute atomic E-state index is 13.0. The molecular formula is C21H19ClN2O4. The summed E-state index contributed by atoms with van der Waals surface area (Å²) in [5, 5.41) is 2.58. The smallest absolute Gasteiger partial charge is 0.335 e. The largest absolute Gasteiger partial charge is 0.490 e. The van der Waals surface area contributed by atoms with E-state index in [4.69, 9.17) is 16.3 Å². The van der Waals surface area contributed by atoms with Crippen molar-refractivity contribution in [1.82, 2.24) is 5.32 Å². The second kappa shape index (κ2) is 7.86. The second-order valence-corrected chi connectivity index (χ2v) is 7.03. The number of imide groups is 2. The minimum atomic E-state index is -0.816. The second-order valence-electron chi connectivity index (χ2n) is 6.59. The molecule has 1 saturated heterocycles. The van der Waals surface area contributed by atoms with E-state index in [1.54, 1.807) is 43.3 Å². The molecule has 0 bridgehead atoms. The average molecular weight is 399 g/mol. The van der Waals surface area contributed by atoms with Crippen molar-refractivity contribution < 1.29 is 19.1 Å². The number of aryl methyl sites for hydroxylation is 1. The number of amides is 4. The Labute approximate surface area is 167 Å². The minimum Gasteiger partial charge on any atom is -0.490 e. The third-order valence-electron chi connectivity index (χ3n) is 4.10. The van der Waals surface area contributed by atoms with Gasteiger partial charge in [-0.2, -0.15) is 0 Å². The number of urea groups is 1. The molecule has 2 aromatic rings. The lowest BCUT2D eigenvalue weighted by molar-refractivity contribution is -0.122. The highest BCUT2D eigenvalue weighted by molar-refractivity contribution is 6.39. The number of nitrogens with one attached hydrogen (secondary N) is 1. The van der Waals surface area contributed by atoms with E-state index in [0.29, 0.717) is 27.6 Å². The molecule has 4 amide bonds. The first kappa shape index (κ1) is 19.6. The standard InChI is InChI=1S/C21H19ClN2O4/c1-12(2)28-18-7-5-4-6-14(18)10-16-19(25)23-21(27)24(20(16)26)17-11-15(22)9-8-13(17)3/h4-12H,1-3H3,(H,23,25,27)/b16-10+. The molecule has 1 fully saturated rings. The number of benzene rings is 2. The summed E-state index contributed by atoms with van der Waals surface area (Å²) in [6.45, 7) is 5.51. The summed E-state index contributed by atoms with van der Waals surface area (Å²) in [5.41, 5.74) is 1.39. The first-order valence-electron chi connectivity index (χ1n) is 8.71. The summed E-state index contributed by atoms with van der Waals surface area (Å²) in [6.07, 6.45) is 1.34. The van der Waals surface area contributed by atoms with Gasteiger partial charge >= 0.3 is 6.03 Å². The molecule has 3 rings (SSSR count). The number of para-hydroxylation sites is 1. The summed E-state index contributed by atoms with van der Waals surface area (Å²) in [4.78, 5) is 38.7. The maximum atomic E-state index is 13.0. The monoisotopic (exact) mass is 398 g/mol. The van der Waals surface area contributed by atoms with Crippen molar-refractivity contribution in [3.05, 3.63) is 64.2 Å². The van der Waals surface area contributed by atoms with Gasteiger partial charge in [0.15, 0.2) is 0 Å². The van der Waals surface area contributed by atoms with Crippen LogP contribution in [0.25, 0.3) is 6.08 Å². The maximum Gasteiger partial charge on any atom is 0.335 e. The molecule has 2 aromatic carbocycles. The molecule has 1 aliphatic heterocycles. The van der Waals surface area contributed by atoms with Crippen LogP contribution in [0.15, 0.2) is 48.0 Å². The van der Waals surface area contributed by atoms with Gasteiger partial charge in [-0.25, -0.2) is 9.69 Å².